The summed E-state index contributed by atoms with van der Waals surface area (Å²) in [5.41, 5.74) is -0.585. The van der Waals surface area contributed by atoms with Crippen LogP contribution in [0.25, 0.3) is 0 Å². The van der Waals surface area contributed by atoms with Crippen molar-refractivity contribution in [3.8, 4) is 23.0 Å². The van der Waals surface area contributed by atoms with Gasteiger partial charge in [0.25, 0.3) is 0 Å². The number of methoxy groups -OCH3 is 3. The maximum atomic E-state index is 14.1. The minimum absolute atomic E-state index is 0.330. The number of ether oxygens (including phenoxy) is 4. The third kappa shape index (κ3) is 6.18. The van der Waals surface area contributed by atoms with Crippen LogP contribution in [0.3, 0.4) is 0 Å². The van der Waals surface area contributed by atoms with Crippen molar-refractivity contribution in [2.75, 3.05) is 38.6 Å². The molecular formula is C32H36N2O8. The first kappa shape index (κ1) is 30.4. The maximum absolute atomic E-state index is 14.1. The summed E-state index contributed by atoms with van der Waals surface area (Å²) in [6, 6.07) is 18.6. The molecule has 4 unspecified atom stereocenters. The number of carbonyl (C=O) groups is 3. The molecule has 42 heavy (non-hydrogen) atoms. The number of ketones is 1. The summed E-state index contributed by atoms with van der Waals surface area (Å²) in [6.07, 6.45) is -0.411. The van der Waals surface area contributed by atoms with Crippen LogP contribution in [0.2, 0.25) is 0 Å². The monoisotopic (exact) mass is 576 g/mol. The number of benzene rings is 3. The van der Waals surface area contributed by atoms with Crippen LogP contribution in [0.4, 0.5) is 11.4 Å². The van der Waals surface area contributed by atoms with Gasteiger partial charge in [0.1, 0.15) is 23.2 Å². The van der Waals surface area contributed by atoms with E-state index in [9.17, 15) is 19.5 Å². The second-order valence-corrected chi connectivity index (χ2v) is 10.2. The number of para-hydroxylation sites is 4. The van der Waals surface area contributed by atoms with Gasteiger partial charge in [0.05, 0.1) is 50.8 Å². The number of anilines is 2. The topological polar surface area (TPSA) is 132 Å². The highest BCUT2D eigenvalue weighted by atomic mass is 16.5. The van der Waals surface area contributed by atoms with Crippen molar-refractivity contribution in [1.82, 2.24) is 0 Å². The molecular weight excluding hydrogens is 540 g/mol. The number of Topliss-reactive ketones (excluding diaryl/α,β-unsaturated/α-hetero) is 1. The second-order valence-electron chi connectivity index (χ2n) is 10.2. The molecule has 2 amide bonds. The summed E-state index contributed by atoms with van der Waals surface area (Å²) in [5.74, 6) is -3.69. The molecule has 3 N–H and O–H groups in total. The van der Waals surface area contributed by atoms with Crippen LogP contribution < -0.4 is 29.6 Å². The molecule has 0 saturated heterocycles. The van der Waals surface area contributed by atoms with E-state index in [4.69, 9.17) is 18.9 Å². The zero-order valence-electron chi connectivity index (χ0n) is 24.3. The molecule has 4 rings (SSSR count). The van der Waals surface area contributed by atoms with Crippen LogP contribution in [-0.4, -0.2) is 56.2 Å². The van der Waals surface area contributed by atoms with E-state index < -0.39 is 47.4 Å². The standard InChI is InChI=1S/C32H36N2O8/c1-6-42-26-17-19(15-16-25(26)41-5)27-28(30(36)33-20-11-7-9-13-23(20)39-3)22(35)18-32(2,38)29(27)31(37)34-21-12-8-10-14-24(21)40-4/h7-17,27-29,38H,6,18H2,1-5H3,(H,33,36)(H,34,37). The highest BCUT2D eigenvalue weighted by Crippen LogP contribution is 2.48. The number of aliphatic hydroxyl groups is 1. The van der Waals surface area contributed by atoms with E-state index in [0.29, 0.717) is 46.5 Å². The Balaban J connectivity index is 1.85. The van der Waals surface area contributed by atoms with Crippen molar-refractivity contribution in [2.24, 2.45) is 11.8 Å². The van der Waals surface area contributed by atoms with Crippen molar-refractivity contribution in [1.29, 1.82) is 0 Å². The Labute approximate surface area is 244 Å². The molecule has 1 saturated carbocycles. The van der Waals surface area contributed by atoms with Crippen molar-refractivity contribution < 1.29 is 38.4 Å². The Bertz CT molecular complexity index is 1450. The van der Waals surface area contributed by atoms with Gasteiger partial charge in [-0.15, -0.1) is 0 Å². The van der Waals surface area contributed by atoms with Crippen LogP contribution in [0.15, 0.2) is 66.7 Å². The Morgan fingerprint density at radius 3 is 1.93 bits per heavy atom. The van der Waals surface area contributed by atoms with Crippen LogP contribution >= 0.6 is 0 Å². The minimum Gasteiger partial charge on any atom is -0.495 e. The van der Waals surface area contributed by atoms with Gasteiger partial charge >= 0.3 is 0 Å². The van der Waals surface area contributed by atoms with Crippen molar-refractivity contribution in [3.63, 3.8) is 0 Å². The Morgan fingerprint density at radius 1 is 0.833 bits per heavy atom. The highest BCUT2D eigenvalue weighted by molar-refractivity contribution is 6.11. The summed E-state index contributed by atoms with van der Waals surface area (Å²) in [4.78, 5) is 41.7. The third-order valence-corrected chi connectivity index (χ3v) is 7.43. The first-order chi connectivity index (χ1) is 20.1. The average Bonchev–Trinajstić information content (AvgIpc) is 2.96. The van der Waals surface area contributed by atoms with Crippen LogP contribution in [-0.2, 0) is 14.4 Å². The number of hydrogen-bond donors (Lipinski definition) is 3. The van der Waals surface area contributed by atoms with Crippen molar-refractivity contribution >= 4 is 29.0 Å². The highest BCUT2D eigenvalue weighted by Gasteiger charge is 2.56. The molecule has 0 aromatic heterocycles. The molecule has 1 fully saturated rings. The summed E-state index contributed by atoms with van der Waals surface area (Å²) in [6.45, 7) is 3.58. The predicted molar refractivity (Wildman–Crippen MR) is 157 cm³/mol. The number of nitrogens with one attached hydrogen (secondary N) is 2. The summed E-state index contributed by atoms with van der Waals surface area (Å²) in [5, 5.41) is 17.3. The van der Waals surface area contributed by atoms with Crippen LogP contribution in [0, 0.1) is 11.8 Å². The predicted octanol–water partition coefficient (Wildman–Crippen LogP) is 4.43. The second kappa shape index (κ2) is 12.9. The summed E-state index contributed by atoms with van der Waals surface area (Å²) >= 11 is 0. The fraction of sp³-hybridized carbons (Fsp3) is 0.344. The third-order valence-electron chi connectivity index (χ3n) is 7.43. The van der Waals surface area contributed by atoms with E-state index in [2.05, 4.69) is 10.6 Å². The number of hydrogen-bond acceptors (Lipinski definition) is 8. The zero-order chi connectivity index (χ0) is 30.4. The Morgan fingerprint density at radius 2 is 1.38 bits per heavy atom. The lowest BCUT2D eigenvalue weighted by Gasteiger charge is -2.44. The molecule has 10 heteroatoms. The maximum Gasteiger partial charge on any atom is 0.235 e. The molecule has 3 aromatic rings. The summed E-state index contributed by atoms with van der Waals surface area (Å²) in [7, 11) is 4.45. The number of rotatable bonds is 10. The molecule has 4 atom stereocenters. The van der Waals surface area contributed by atoms with Crippen molar-refractivity contribution in [3.05, 3.63) is 72.3 Å². The lowest BCUT2D eigenvalue weighted by Crippen LogP contribution is -2.56. The molecule has 0 heterocycles. The SMILES string of the molecule is CCOc1cc(C2C(C(=O)Nc3ccccc3OC)C(=O)CC(C)(O)C2C(=O)Nc2ccccc2OC)ccc1OC. The molecule has 0 spiro atoms. The van der Waals surface area contributed by atoms with Gasteiger partial charge in [0, 0.05) is 12.3 Å². The first-order valence-corrected chi connectivity index (χ1v) is 13.6. The van der Waals surface area contributed by atoms with E-state index in [0.717, 1.165) is 0 Å². The van der Waals surface area contributed by atoms with E-state index >= 15 is 0 Å². The van der Waals surface area contributed by atoms with E-state index in [-0.39, 0.29) is 0 Å². The smallest absolute Gasteiger partial charge is 0.235 e. The van der Waals surface area contributed by atoms with Gasteiger partial charge in [0.15, 0.2) is 11.5 Å². The van der Waals surface area contributed by atoms with E-state index in [1.165, 1.54) is 28.3 Å². The molecule has 222 valence electrons. The average molecular weight is 577 g/mol. The fourth-order valence-corrected chi connectivity index (χ4v) is 5.58. The minimum atomic E-state index is -1.79. The lowest BCUT2D eigenvalue weighted by molar-refractivity contribution is -0.150. The lowest BCUT2D eigenvalue weighted by atomic mass is 9.61. The number of amides is 2. The molecule has 1 aliphatic rings. The largest absolute Gasteiger partial charge is 0.495 e. The molecule has 0 bridgehead atoms. The van der Waals surface area contributed by atoms with Gasteiger partial charge in [-0.1, -0.05) is 30.3 Å². The van der Waals surface area contributed by atoms with Crippen LogP contribution in [0.5, 0.6) is 23.0 Å². The van der Waals surface area contributed by atoms with Gasteiger partial charge in [-0.25, -0.2) is 0 Å². The molecule has 0 radical (unpaired) electrons. The summed E-state index contributed by atoms with van der Waals surface area (Å²) < 4.78 is 22.0. The van der Waals surface area contributed by atoms with Gasteiger partial charge < -0.3 is 34.7 Å². The fourth-order valence-electron chi connectivity index (χ4n) is 5.58. The van der Waals surface area contributed by atoms with Gasteiger partial charge in [-0.3, -0.25) is 14.4 Å². The first-order valence-electron chi connectivity index (χ1n) is 13.6. The van der Waals surface area contributed by atoms with Crippen LogP contribution in [0.1, 0.15) is 31.7 Å². The van der Waals surface area contributed by atoms with E-state index in [1.54, 1.807) is 66.7 Å². The molecule has 3 aromatic carbocycles. The van der Waals surface area contributed by atoms with Crippen molar-refractivity contribution in [2.45, 2.75) is 31.8 Å². The van der Waals surface area contributed by atoms with Gasteiger partial charge in [-0.2, -0.15) is 0 Å². The number of carbonyl (C=O) groups excluding carboxylic acids is 3. The van der Waals surface area contributed by atoms with Gasteiger partial charge in [0.2, 0.25) is 11.8 Å². The normalized spacial score (nSPS) is 21.7. The molecule has 10 nitrogen and oxygen atoms in total. The zero-order valence-corrected chi connectivity index (χ0v) is 24.3. The quantitative estimate of drug-likeness (QED) is 0.302. The van der Waals surface area contributed by atoms with Gasteiger partial charge in [-0.05, 0) is 55.8 Å². The molecule has 0 aliphatic heterocycles. The Hall–Kier alpha value is -4.57. The van der Waals surface area contributed by atoms with E-state index in [1.807, 2.05) is 6.92 Å². The molecule has 1 aliphatic carbocycles. The Kier molecular flexibility index (Phi) is 9.37.